The number of likely N-dealkylation sites (tertiary alicyclic amines) is 1. The van der Waals surface area contributed by atoms with Crippen molar-refractivity contribution < 1.29 is 0 Å². The molecule has 3 rings (SSSR count). The largest absolute Gasteiger partial charge is 0.316 e. The highest BCUT2D eigenvalue weighted by molar-refractivity contribution is 4.88. The molecular formula is C14H26N2. The maximum absolute atomic E-state index is 3.53. The second kappa shape index (κ2) is 5.05. The molecule has 2 saturated heterocycles. The van der Waals surface area contributed by atoms with E-state index in [4.69, 9.17) is 0 Å². The average molecular weight is 222 g/mol. The van der Waals surface area contributed by atoms with Gasteiger partial charge in [0.05, 0.1) is 0 Å². The van der Waals surface area contributed by atoms with Crippen LogP contribution >= 0.6 is 0 Å². The van der Waals surface area contributed by atoms with Gasteiger partial charge in [-0.2, -0.15) is 0 Å². The van der Waals surface area contributed by atoms with Crippen molar-refractivity contribution in [2.24, 2.45) is 17.8 Å². The van der Waals surface area contributed by atoms with Gasteiger partial charge < -0.3 is 10.2 Å². The van der Waals surface area contributed by atoms with Gasteiger partial charge in [0.15, 0.2) is 0 Å². The Morgan fingerprint density at radius 2 is 1.81 bits per heavy atom. The highest BCUT2D eigenvalue weighted by Gasteiger charge is 2.35. The normalized spacial score (nSPS) is 40.1. The summed E-state index contributed by atoms with van der Waals surface area (Å²) in [6.45, 7) is 6.75. The van der Waals surface area contributed by atoms with Crippen LogP contribution < -0.4 is 5.32 Å². The lowest BCUT2D eigenvalue weighted by Crippen LogP contribution is -2.32. The number of piperidine rings is 1. The van der Waals surface area contributed by atoms with E-state index in [1.807, 2.05) is 0 Å². The first kappa shape index (κ1) is 11.0. The zero-order valence-corrected chi connectivity index (χ0v) is 10.5. The number of hydrogen-bond donors (Lipinski definition) is 1. The summed E-state index contributed by atoms with van der Waals surface area (Å²) in [4.78, 5) is 2.75. The van der Waals surface area contributed by atoms with Gasteiger partial charge in [-0.25, -0.2) is 0 Å². The lowest BCUT2D eigenvalue weighted by atomic mass is 9.96. The van der Waals surface area contributed by atoms with E-state index in [2.05, 4.69) is 10.2 Å². The number of nitrogens with zero attached hydrogens (tertiary/aromatic N) is 1. The fourth-order valence-electron chi connectivity index (χ4n) is 4.05. The van der Waals surface area contributed by atoms with Crippen molar-refractivity contribution in [3.05, 3.63) is 0 Å². The van der Waals surface area contributed by atoms with Crippen LogP contribution in [0, 0.1) is 17.8 Å². The van der Waals surface area contributed by atoms with Crippen molar-refractivity contribution >= 4 is 0 Å². The van der Waals surface area contributed by atoms with Crippen molar-refractivity contribution in [3.63, 3.8) is 0 Å². The van der Waals surface area contributed by atoms with E-state index in [0.29, 0.717) is 0 Å². The summed E-state index contributed by atoms with van der Waals surface area (Å²) < 4.78 is 0. The van der Waals surface area contributed by atoms with Crippen LogP contribution in [0.1, 0.15) is 38.5 Å². The number of fused-ring (bicyclic) bond motifs is 1. The Labute approximate surface area is 99.8 Å². The first-order valence-electron chi connectivity index (χ1n) is 7.35. The highest BCUT2D eigenvalue weighted by atomic mass is 15.2. The third-order valence-electron chi connectivity index (χ3n) is 5.05. The summed E-state index contributed by atoms with van der Waals surface area (Å²) in [7, 11) is 0. The van der Waals surface area contributed by atoms with Gasteiger partial charge in [0, 0.05) is 13.1 Å². The fraction of sp³-hybridized carbons (Fsp3) is 1.00. The SMILES string of the molecule is C1CNCC(CCN2CC3CCCC3C2)C1. The van der Waals surface area contributed by atoms with Crippen LogP contribution in [0.15, 0.2) is 0 Å². The smallest absolute Gasteiger partial charge is 0.00129 e. The zero-order valence-electron chi connectivity index (χ0n) is 10.5. The van der Waals surface area contributed by atoms with Crippen LogP contribution in [0.2, 0.25) is 0 Å². The second-order valence-electron chi connectivity index (χ2n) is 6.21. The van der Waals surface area contributed by atoms with Gasteiger partial charge in [-0.1, -0.05) is 6.42 Å². The first-order valence-corrected chi connectivity index (χ1v) is 7.35. The maximum Gasteiger partial charge on any atom is 0.00129 e. The molecule has 16 heavy (non-hydrogen) atoms. The summed E-state index contributed by atoms with van der Waals surface area (Å²) in [6, 6.07) is 0. The van der Waals surface area contributed by atoms with E-state index in [-0.39, 0.29) is 0 Å². The summed E-state index contributed by atoms with van der Waals surface area (Å²) in [5.74, 6) is 3.11. The molecule has 0 aromatic carbocycles. The average Bonchev–Trinajstić information content (AvgIpc) is 2.88. The van der Waals surface area contributed by atoms with E-state index in [1.54, 1.807) is 0 Å². The first-order chi connectivity index (χ1) is 7.92. The molecule has 1 aliphatic carbocycles. The Morgan fingerprint density at radius 3 is 2.50 bits per heavy atom. The van der Waals surface area contributed by atoms with E-state index in [1.165, 1.54) is 71.2 Å². The van der Waals surface area contributed by atoms with Crippen molar-refractivity contribution in [3.8, 4) is 0 Å². The van der Waals surface area contributed by atoms with Crippen molar-refractivity contribution in [1.82, 2.24) is 10.2 Å². The summed E-state index contributed by atoms with van der Waals surface area (Å²) >= 11 is 0. The lowest BCUT2D eigenvalue weighted by Gasteiger charge is -2.25. The maximum atomic E-state index is 3.53. The summed E-state index contributed by atoms with van der Waals surface area (Å²) in [5, 5.41) is 3.53. The molecule has 3 aliphatic rings. The number of nitrogens with one attached hydrogen (secondary N) is 1. The molecule has 0 radical (unpaired) electrons. The van der Waals surface area contributed by atoms with Crippen LogP contribution in [0.5, 0.6) is 0 Å². The van der Waals surface area contributed by atoms with Crippen LogP contribution in [0.25, 0.3) is 0 Å². The Balaban J connectivity index is 1.39. The molecule has 3 atom stereocenters. The number of rotatable bonds is 3. The van der Waals surface area contributed by atoms with Gasteiger partial charge >= 0.3 is 0 Å². The zero-order chi connectivity index (χ0) is 10.8. The van der Waals surface area contributed by atoms with Gasteiger partial charge in [0.1, 0.15) is 0 Å². The molecule has 2 aliphatic heterocycles. The molecule has 1 N–H and O–H groups in total. The molecule has 3 unspecified atom stereocenters. The van der Waals surface area contributed by atoms with E-state index >= 15 is 0 Å². The predicted octanol–water partition coefficient (Wildman–Crippen LogP) is 2.11. The molecule has 1 saturated carbocycles. The Hall–Kier alpha value is -0.0800. The van der Waals surface area contributed by atoms with Gasteiger partial charge in [0.2, 0.25) is 0 Å². The van der Waals surface area contributed by atoms with Crippen molar-refractivity contribution in [1.29, 1.82) is 0 Å². The van der Waals surface area contributed by atoms with Crippen LogP contribution in [0.3, 0.4) is 0 Å². The topological polar surface area (TPSA) is 15.3 Å². The van der Waals surface area contributed by atoms with E-state index < -0.39 is 0 Å². The van der Waals surface area contributed by atoms with Crippen LogP contribution in [0.4, 0.5) is 0 Å². The fourth-order valence-corrected chi connectivity index (χ4v) is 4.05. The van der Waals surface area contributed by atoms with Crippen LogP contribution in [-0.2, 0) is 0 Å². The molecular weight excluding hydrogens is 196 g/mol. The minimum atomic E-state index is 0.967. The van der Waals surface area contributed by atoms with Gasteiger partial charge in [-0.05, 0) is 69.5 Å². The monoisotopic (exact) mass is 222 g/mol. The van der Waals surface area contributed by atoms with Gasteiger partial charge in [-0.15, -0.1) is 0 Å². The minimum Gasteiger partial charge on any atom is -0.316 e. The molecule has 0 bridgehead atoms. The van der Waals surface area contributed by atoms with Gasteiger partial charge in [0.25, 0.3) is 0 Å². The van der Waals surface area contributed by atoms with E-state index in [0.717, 1.165) is 17.8 Å². The Bertz CT molecular complexity index is 211. The second-order valence-corrected chi connectivity index (χ2v) is 6.21. The van der Waals surface area contributed by atoms with E-state index in [9.17, 15) is 0 Å². The summed E-state index contributed by atoms with van der Waals surface area (Å²) in [5.41, 5.74) is 0. The highest BCUT2D eigenvalue weighted by Crippen LogP contribution is 2.37. The molecule has 0 spiro atoms. The Kier molecular flexibility index (Phi) is 3.49. The molecule has 0 amide bonds. The standard InChI is InChI=1S/C14H26N2/c1-4-13-10-16(11-14(13)5-1)8-6-12-3-2-7-15-9-12/h12-15H,1-11H2. The molecule has 2 nitrogen and oxygen atoms in total. The molecule has 3 fully saturated rings. The predicted molar refractivity (Wildman–Crippen MR) is 67.5 cm³/mol. The minimum absolute atomic E-state index is 0.967. The molecule has 92 valence electrons. The molecule has 2 heteroatoms. The van der Waals surface area contributed by atoms with Crippen molar-refractivity contribution in [2.75, 3.05) is 32.7 Å². The third-order valence-corrected chi connectivity index (χ3v) is 5.05. The lowest BCUT2D eigenvalue weighted by molar-refractivity contribution is 0.260. The molecule has 0 aromatic heterocycles. The van der Waals surface area contributed by atoms with Crippen LogP contribution in [-0.4, -0.2) is 37.6 Å². The van der Waals surface area contributed by atoms with Crippen molar-refractivity contribution in [2.45, 2.75) is 38.5 Å². The summed E-state index contributed by atoms with van der Waals surface area (Å²) in [6.07, 6.45) is 8.85. The quantitative estimate of drug-likeness (QED) is 0.787. The Morgan fingerprint density at radius 1 is 1.00 bits per heavy atom. The van der Waals surface area contributed by atoms with Gasteiger partial charge in [-0.3, -0.25) is 0 Å². The molecule has 2 heterocycles. The number of hydrogen-bond acceptors (Lipinski definition) is 2. The third kappa shape index (κ3) is 2.43. The molecule has 0 aromatic rings.